The second kappa shape index (κ2) is 7.22. The Bertz CT molecular complexity index is 338. The number of aromatic nitrogens is 2. The summed E-state index contributed by atoms with van der Waals surface area (Å²) < 4.78 is 0. The van der Waals surface area contributed by atoms with Gasteiger partial charge in [0.2, 0.25) is 0 Å². The molecular formula is C13H24N4. The van der Waals surface area contributed by atoms with Gasteiger partial charge < -0.3 is 5.32 Å². The van der Waals surface area contributed by atoms with Crippen LogP contribution in [0.1, 0.15) is 38.7 Å². The van der Waals surface area contributed by atoms with Crippen molar-refractivity contribution in [2.75, 3.05) is 25.0 Å². The molecule has 0 amide bonds. The summed E-state index contributed by atoms with van der Waals surface area (Å²) in [6, 6.07) is 1.99. The van der Waals surface area contributed by atoms with Crippen LogP contribution >= 0.6 is 0 Å². The monoisotopic (exact) mass is 236 g/mol. The van der Waals surface area contributed by atoms with Gasteiger partial charge in [0.15, 0.2) is 0 Å². The first-order valence-corrected chi connectivity index (χ1v) is 6.50. The summed E-state index contributed by atoms with van der Waals surface area (Å²) in [5, 5.41) is 3.24. The summed E-state index contributed by atoms with van der Waals surface area (Å²) >= 11 is 0. The minimum absolute atomic E-state index is 0.838. The molecule has 1 rings (SSSR count). The van der Waals surface area contributed by atoms with E-state index in [9.17, 15) is 0 Å². The van der Waals surface area contributed by atoms with Crippen LogP contribution in [-0.4, -0.2) is 34.5 Å². The smallest absolute Gasteiger partial charge is 0.144 e. The molecule has 4 heteroatoms. The predicted octanol–water partition coefficient (Wildman–Crippen LogP) is 2.45. The Kier molecular flexibility index (Phi) is 5.91. The van der Waals surface area contributed by atoms with Crippen LogP contribution in [0.2, 0.25) is 0 Å². The SMILES string of the molecule is CCCN(CC)Cc1nc(C)cc(NCC)n1. The molecule has 0 bridgehead atoms. The Hall–Kier alpha value is -1.16. The Morgan fingerprint density at radius 1 is 1.24 bits per heavy atom. The molecule has 96 valence electrons. The van der Waals surface area contributed by atoms with Gasteiger partial charge in [0.05, 0.1) is 6.54 Å². The quantitative estimate of drug-likeness (QED) is 0.789. The molecule has 0 aliphatic carbocycles. The molecule has 0 aliphatic heterocycles. The molecule has 0 atom stereocenters. The second-order valence-corrected chi connectivity index (χ2v) is 4.21. The average Bonchev–Trinajstić information content (AvgIpc) is 2.28. The van der Waals surface area contributed by atoms with Crippen molar-refractivity contribution in [2.24, 2.45) is 0 Å². The number of nitrogens with zero attached hydrogens (tertiary/aromatic N) is 3. The van der Waals surface area contributed by atoms with E-state index in [1.165, 1.54) is 6.42 Å². The first-order chi connectivity index (χ1) is 8.19. The molecule has 0 saturated carbocycles. The molecule has 4 nitrogen and oxygen atoms in total. The lowest BCUT2D eigenvalue weighted by atomic mass is 10.3. The van der Waals surface area contributed by atoms with E-state index in [-0.39, 0.29) is 0 Å². The standard InChI is InChI=1S/C13H24N4/c1-5-8-17(7-3)10-13-15-11(4)9-12(16-13)14-6-2/h9H,5-8,10H2,1-4H3,(H,14,15,16). The molecule has 1 aromatic heterocycles. The summed E-state index contributed by atoms with van der Waals surface area (Å²) in [5.41, 5.74) is 1.03. The number of rotatable bonds is 7. The first kappa shape index (κ1) is 13.9. The Balaban J connectivity index is 2.75. The van der Waals surface area contributed by atoms with E-state index in [2.05, 4.69) is 41.0 Å². The zero-order valence-electron chi connectivity index (χ0n) is 11.5. The van der Waals surface area contributed by atoms with Crippen LogP contribution in [-0.2, 0) is 6.54 Å². The fraction of sp³-hybridized carbons (Fsp3) is 0.692. The number of hydrogen-bond acceptors (Lipinski definition) is 4. The molecule has 1 N–H and O–H groups in total. The van der Waals surface area contributed by atoms with E-state index in [1.54, 1.807) is 0 Å². The van der Waals surface area contributed by atoms with Crippen molar-refractivity contribution in [1.82, 2.24) is 14.9 Å². The fourth-order valence-electron chi connectivity index (χ4n) is 1.84. The Morgan fingerprint density at radius 2 is 2.00 bits per heavy atom. The average molecular weight is 236 g/mol. The summed E-state index contributed by atoms with van der Waals surface area (Å²) in [5.74, 6) is 1.85. The van der Waals surface area contributed by atoms with Gasteiger partial charge >= 0.3 is 0 Å². The van der Waals surface area contributed by atoms with Gasteiger partial charge in [0.25, 0.3) is 0 Å². The molecule has 0 saturated heterocycles. The van der Waals surface area contributed by atoms with E-state index in [0.717, 1.165) is 43.5 Å². The van der Waals surface area contributed by atoms with Gasteiger partial charge in [0, 0.05) is 18.3 Å². The first-order valence-electron chi connectivity index (χ1n) is 6.50. The maximum absolute atomic E-state index is 4.53. The molecule has 0 aliphatic rings. The second-order valence-electron chi connectivity index (χ2n) is 4.21. The number of hydrogen-bond donors (Lipinski definition) is 1. The van der Waals surface area contributed by atoms with E-state index in [1.807, 2.05) is 13.0 Å². The number of aryl methyl sites for hydroxylation is 1. The van der Waals surface area contributed by atoms with Gasteiger partial charge in [-0.2, -0.15) is 0 Å². The summed E-state index contributed by atoms with van der Waals surface area (Å²) in [6.07, 6.45) is 1.17. The van der Waals surface area contributed by atoms with Crippen LogP contribution in [0.5, 0.6) is 0 Å². The van der Waals surface area contributed by atoms with E-state index in [0.29, 0.717) is 0 Å². The topological polar surface area (TPSA) is 41.1 Å². The van der Waals surface area contributed by atoms with Gasteiger partial charge in [-0.15, -0.1) is 0 Å². The maximum Gasteiger partial charge on any atom is 0.144 e. The van der Waals surface area contributed by atoms with Crippen molar-refractivity contribution in [2.45, 2.75) is 40.7 Å². The van der Waals surface area contributed by atoms with Crippen molar-refractivity contribution in [3.8, 4) is 0 Å². The summed E-state index contributed by atoms with van der Waals surface area (Å²) in [4.78, 5) is 11.4. The van der Waals surface area contributed by atoms with Gasteiger partial charge in [0.1, 0.15) is 11.6 Å². The van der Waals surface area contributed by atoms with Gasteiger partial charge in [-0.05, 0) is 33.4 Å². The van der Waals surface area contributed by atoms with Gasteiger partial charge in [-0.1, -0.05) is 13.8 Å². The Labute approximate surface area is 104 Å². The van der Waals surface area contributed by atoms with Crippen LogP contribution in [0.4, 0.5) is 5.82 Å². The van der Waals surface area contributed by atoms with Crippen LogP contribution in [0, 0.1) is 6.92 Å². The molecule has 0 fully saturated rings. The van der Waals surface area contributed by atoms with Crippen molar-refractivity contribution in [3.05, 3.63) is 17.6 Å². The number of anilines is 1. The highest BCUT2D eigenvalue weighted by atomic mass is 15.1. The normalized spacial score (nSPS) is 10.9. The minimum atomic E-state index is 0.838. The Morgan fingerprint density at radius 3 is 2.59 bits per heavy atom. The highest BCUT2D eigenvalue weighted by Gasteiger charge is 2.06. The van der Waals surface area contributed by atoms with Crippen LogP contribution in [0.25, 0.3) is 0 Å². The predicted molar refractivity (Wildman–Crippen MR) is 72.2 cm³/mol. The zero-order valence-corrected chi connectivity index (χ0v) is 11.5. The van der Waals surface area contributed by atoms with Crippen LogP contribution in [0.3, 0.4) is 0 Å². The largest absolute Gasteiger partial charge is 0.370 e. The molecule has 0 aromatic carbocycles. The van der Waals surface area contributed by atoms with Crippen molar-refractivity contribution in [3.63, 3.8) is 0 Å². The molecular weight excluding hydrogens is 212 g/mol. The zero-order chi connectivity index (χ0) is 12.7. The number of nitrogens with one attached hydrogen (secondary N) is 1. The van der Waals surface area contributed by atoms with Crippen LogP contribution < -0.4 is 5.32 Å². The maximum atomic E-state index is 4.53. The lowest BCUT2D eigenvalue weighted by Gasteiger charge is -2.18. The van der Waals surface area contributed by atoms with Crippen molar-refractivity contribution < 1.29 is 0 Å². The molecule has 0 unspecified atom stereocenters. The molecule has 1 heterocycles. The minimum Gasteiger partial charge on any atom is -0.370 e. The third-order valence-electron chi connectivity index (χ3n) is 2.61. The van der Waals surface area contributed by atoms with E-state index in [4.69, 9.17) is 0 Å². The highest BCUT2D eigenvalue weighted by molar-refractivity contribution is 5.35. The molecule has 1 aromatic rings. The summed E-state index contributed by atoms with van der Waals surface area (Å²) in [6.45, 7) is 12.3. The van der Waals surface area contributed by atoms with E-state index < -0.39 is 0 Å². The van der Waals surface area contributed by atoms with Gasteiger partial charge in [-0.3, -0.25) is 4.90 Å². The third kappa shape index (κ3) is 4.69. The third-order valence-corrected chi connectivity index (χ3v) is 2.61. The molecule has 17 heavy (non-hydrogen) atoms. The highest BCUT2D eigenvalue weighted by Crippen LogP contribution is 2.08. The summed E-state index contributed by atoms with van der Waals surface area (Å²) in [7, 11) is 0. The molecule has 0 spiro atoms. The molecule has 0 radical (unpaired) electrons. The van der Waals surface area contributed by atoms with Crippen molar-refractivity contribution in [1.29, 1.82) is 0 Å². The van der Waals surface area contributed by atoms with Gasteiger partial charge in [-0.25, -0.2) is 9.97 Å². The van der Waals surface area contributed by atoms with E-state index >= 15 is 0 Å². The lowest BCUT2D eigenvalue weighted by molar-refractivity contribution is 0.273. The lowest BCUT2D eigenvalue weighted by Crippen LogP contribution is -2.25. The van der Waals surface area contributed by atoms with Crippen LogP contribution in [0.15, 0.2) is 6.07 Å². The van der Waals surface area contributed by atoms with Crippen molar-refractivity contribution >= 4 is 5.82 Å². The fourth-order valence-corrected chi connectivity index (χ4v) is 1.84.